The third-order valence-electron chi connectivity index (χ3n) is 4.50. The highest BCUT2D eigenvalue weighted by Crippen LogP contribution is 2.31. The van der Waals surface area contributed by atoms with Crippen molar-refractivity contribution in [2.75, 3.05) is 32.9 Å². The van der Waals surface area contributed by atoms with Crippen molar-refractivity contribution >= 4 is 17.6 Å². The average molecular weight is 326 g/mol. The minimum absolute atomic E-state index is 0.148. The lowest BCUT2D eigenvalue weighted by Crippen LogP contribution is -2.51. The Morgan fingerprint density at radius 1 is 1.32 bits per heavy atom. The van der Waals surface area contributed by atoms with Gasteiger partial charge in [-0.2, -0.15) is 0 Å². The van der Waals surface area contributed by atoms with E-state index in [1.54, 1.807) is 18.2 Å². The van der Waals surface area contributed by atoms with Gasteiger partial charge in [-0.25, -0.2) is 4.79 Å². The standard InChI is InChI=1S/C16H20ClNO4/c17-14-3-1-2-12(15(19)20)13(14)10-18-6-4-16(5-7-18)11-21-8-9-22-16/h1-3H,4-11H2,(H,19,20). The zero-order valence-electron chi connectivity index (χ0n) is 12.4. The molecular weight excluding hydrogens is 306 g/mol. The monoisotopic (exact) mass is 325 g/mol. The second-order valence-corrected chi connectivity index (χ2v) is 6.34. The van der Waals surface area contributed by atoms with Crippen LogP contribution in [0, 0.1) is 0 Å². The Balaban J connectivity index is 1.67. The van der Waals surface area contributed by atoms with Gasteiger partial charge in [0.15, 0.2) is 0 Å². The maximum atomic E-state index is 11.3. The van der Waals surface area contributed by atoms with Crippen molar-refractivity contribution in [2.24, 2.45) is 0 Å². The Kier molecular flexibility index (Phi) is 4.68. The van der Waals surface area contributed by atoms with Crippen LogP contribution in [0.3, 0.4) is 0 Å². The number of rotatable bonds is 3. The Hall–Kier alpha value is -1.14. The number of benzene rings is 1. The SMILES string of the molecule is O=C(O)c1cccc(Cl)c1CN1CCC2(CC1)COCCO2. The minimum atomic E-state index is -0.935. The molecule has 0 aliphatic carbocycles. The number of carboxylic acids is 1. The lowest BCUT2D eigenvalue weighted by molar-refractivity contribution is -0.177. The molecule has 0 aromatic heterocycles. The maximum Gasteiger partial charge on any atom is 0.336 e. The molecule has 2 heterocycles. The number of piperidine rings is 1. The van der Waals surface area contributed by atoms with Crippen molar-refractivity contribution in [1.29, 1.82) is 0 Å². The molecule has 0 atom stereocenters. The van der Waals surface area contributed by atoms with Crippen LogP contribution in [0.1, 0.15) is 28.8 Å². The number of carbonyl (C=O) groups is 1. The van der Waals surface area contributed by atoms with Crippen LogP contribution in [0.5, 0.6) is 0 Å². The number of ether oxygens (including phenoxy) is 2. The van der Waals surface area contributed by atoms with Crippen LogP contribution >= 0.6 is 11.6 Å². The molecule has 2 saturated heterocycles. The number of hydrogen-bond donors (Lipinski definition) is 1. The van der Waals surface area contributed by atoms with Crippen molar-refractivity contribution in [3.63, 3.8) is 0 Å². The Morgan fingerprint density at radius 2 is 2.09 bits per heavy atom. The fourth-order valence-corrected chi connectivity index (χ4v) is 3.40. The van der Waals surface area contributed by atoms with Crippen molar-refractivity contribution in [1.82, 2.24) is 4.90 Å². The van der Waals surface area contributed by atoms with Gasteiger partial charge in [-0.1, -0.05) is 17.7 Å². The zero-order valence-corrected chi connectivity index (χ0v) is 13.1. The van der Waals surface area contributed by atoms with Gasteiger partial charge in [-0.05, 0) is 30.5 Å². The molecule has 2 aliphatic rings. The fourth-order valence-electron chi connectivity index (χ4n) is 3.17. The molecular formula is C16H20ClNO4. The topological polar surface area (TPSA) is 59.0 Å². The highest BCUT2D eigenvalue weighted by Gasteiger charge is 2.37. The normalized spacial score (nSPS) is 21.9. The van der Waals surface area contributed by atoms with E-state index in [4.69, 9.17) is 21.1 Å². The summed E-state index contributed by atoms with van der Waals surface area (Å²) in [7, 11) is 0. The van der Waals surface area contributed by atoms with E-state index in [0.717, 1.165) is 25.9 Å². The summed E-state index contributed by atoms with van der Waals surface area (Å²) in [6.45, 7) is 4.26. The van der Waals surface area contributed by atoms with Gasteiger partial charge in [0, 0.05) is 24.7 Å². The van der Waals surface area contributed by atoms with E-state index >= 15 is 0 Å². The molecule has 6 heteroatoms. The second-order valence-electron chi connectivity index (χ2n) is 5.93. The van der Waals surface area contributed by atoms with E-state index in [9.17, 15) is 9.90 Å². The molecule has 5 nitrogen and oxygen atoms in total. The van der Waals surface area contributed by atoms with Gasteiger partial charge in [0.25, 0.3) is 0 Å². The van der Waals surface area contributed by atoms with Gasteiger partial charge in [0.2, 0.25) is 0 Å². The van der Waals surface area contributed by atoms with Crippen molar-refractivity contribution in [3.8, 4) is 0 Å². The number of hydrogen-bond acceptors (Lipinski definition) is 4. The van der Waals surface area contributed by atoms with Crippen LogP contribution in [-0.2, 0) is 16.0 Å². The first-order valence-electron chi connectivity index (χ1n) is 7.54. The van der Waals surface area contributed by atoms with Crippen LogP contribution in [0.4, 0.5) is 0 Å². The molecule has 0 unspecified atom stereocenters. The summed E-state index contributed by atoms with van der Waals surface area (Å²) in [5.41, 5.74) is 0.823. The summed E-state index contributed by atoms with van der Waals surface area (Å²) in [6, 6.07) is 5.02. The Bertz CT molecular complexity index is 547. The van der Waals surface area contributed by atoms with E-state index in [1.807, 2.05) is 0 Å². The molecule has 1 N–H and O–H groups in total. The van der Waals surface area contributed by atoms with Crippen molar-refractivity contribution < 1.29 is 19.4 Å². The van der Waals surface area contributed by atoms with Gasteiger partial charge in [-0.3, -0.25) is 4.90 Å². The molecule has 2 fully saturated rings. The van der Waals surface area contributed by atoms with Crippen molar-refractivity contribution in [2.45, 2.75) is 25.0 Å². The summed E-state index contributed by atoms with van der Waals surface area (Å²) in [5.74, 6) is -0.935. The van der Waals surface area contributed by atoms with E-state index in [2.05, 4.69) is 4.90 Å². The van der Waals surface area contributed by atoms with Crippen LogP contribution in [-0.4, -0.2) is 54.5 Å². The third-order valence-corrected chi connectivity index (χ3v) is 4.85. The molecule has 0 radical (unpaired) electrons. The molecule has 1 spiro atoms. The first-order chi connectivity index (χ1) is 10.6. The fraction of sp³-hybridized carbons (Fsp3) is 0.562. The summed E-state index contributed by atoms with van der Waals surface area (Å²) < 4.78 is 11.5. The molecule has 2 aliphatic heterocycles. The lowest BCUT2D eigenvalue weighted by Gasteiger charge is -2.43. The summed E-state index contributed by atoms with van der Waals surface area (Å²) in [6.07, 6.45) is 1.81. The molecule has 22 heavy (non-hydrogen) atoms. The van der Waals surface area contributed by atoms with E-state index in [-0.39, 0.29) is 11.2 Å². The largest absolute Gasteiger partial charge is 0.478 e. The molecule has 120 valence electrons. The van der Waals surface area contributed by atoms with Gasteiger partial charge in [0.1, 0.15) is 0 Å². The summed E-state index contributed by atoms with van der Waals surface area (Å²) in [5, 5.41) is 9.82. The molecule has 0 bridgehead atoms. The number of halogens is 1. The highest BCUT2D eigenvalue weighted by atomic mass is 35.5. The van der Waals surface area contributed by atoms with E-state index in [1.165, 1.54) is 0 Å². The summed E-state index contributed by atoms with van der Waals surface area (Å²) >= 11 is 6.20. The smallest absolute Gasteiger partial charge is 0.336 e. The van der Waals surface area contributed by atoms with Crippen LogP contribution in [0.15, 0.2) is 18.2 Å². The average Bonchev–Trinajstić information content (AvgIpc) is 2.52. The maximum absolute atomic E-state index is 11.3. The number of nitrogens with zero attached hydrogens (tertiary/aromatic N) is 1. The lowest BCUT2D eigenvalue weighted by atomic mass is 9.91. The molecule has 1 aromatic rings. The first-order valence-corrected chi connectivity index (χ1v) is 7.92. The van der Waals surface area contributed by atoms with Crippen LogP contribution < -0.4 is 0 Å². The number of carboxylic acid groups (broad SMARTS) is 1. The van der Waals surface area contributed by atoms with Gasteiger partial charge >= 0.3 is 5.97 Å². The van der Waals surface area contributed by atoms with Gasteiger partial charge < -0.3 is 14.6 Å². The van der Waals surface area contributed by atoms with Gasteiger partial charge in [-0.15, -0.1) is 0 Å². The Morgan fingerprint density at radius 3 is 2.73 bits per heavy atom. The predicted molar refractivity (Wildman–Crippen MR) is 82.4 cm³/mol. The van der Waals surface area contributed by atoms with E-state index < -0.39 is 5.97 Å². The molecule has 0 amide bonds. The zero-order chi connectivity index (χ0) is 15.6. The minimum Gasteiger partial charge on any atom is -0.478 e. The summed E-state index contributed by atoms with van der Waals surface area (Å²) in [4.78, 5) is 13.6. The molecule has 0 saturated carbocycles. The molecule has 1 aromatic carbocycles. The predicted octanol–water partition coefficient (Wildman–Crippen LogP) is 2.42. The second kappa shape index (κ2) is 6.54. The molecule has 3 rings (SSSR count). The van der Waals surface area contributed by atoms with E-state index in [0.29, 0.717) is 37.0 Å². The van der Waals surface area contributed by atoms with Crippen molar-refractivity contribution in [3.05, 3.63) is 34.3 Å². The van der Waals surface area contributed by atoms with Gasteiger partial charge in [0.05, 0.1) is 31.0 Å². The number of aromatic carboxylic acids is 1. The highest BCUT2D eigenvalue weighted by molar-refractivity contribution is 6.31. The Labute approximate surface area is 134 Å². The van der Waals surface area contributed by atoms with Crippen LogP contribution in [0.25, 0.3) is 0 Å². The van der Waals surface area contributed by atoms with Crippen LogP contribution in [0.2, 0.25) is 5.02 Å². The third kappa shape index (κ3) is 3.27. The first kappa shape index (κ1) is 15.7. The number of likely N-dealkylation sites (tertiary alicyclic amines) is 1. The quantitative estimate of drug-likeness (QED) is 0.925.